The summed E-state index contributed by atoms with van der Waals surface area (Å²) in [5.41, 5.74) is 2.04. The molecule has 1 N–H and O–H groups in total. The summed E-state index contributed by atoms with van der Waals surface area (Å²) < 4.78 is 2.12. The maximum atomic E-state index is 10.9. The third-order valence-electron chi connectivity index (χ3n) is 2.71. The van der Waals surface area contributed by atoms with Crippen LogP contribution in [0, 0.1) is 6.92 Å². The zero-order chi connectivity index (χ0) is 12.4. The molecule has 1 heterocycles. The highest BCUT2D eigenvalue weighted by atomic mass is 32.2. The lowest BCUT2D eigenvalue weighted by Crippen LogP contribution is -2.02. The highest BCUT2D eigenvalue weighted by molar-refractivity contribution is 7.98. The van der Waals surface area contributed by atoms with Crippen molar-refractivity contribution in [2.45, 2.75) is 13.5 Å². The molecule has 90 valence electrons. The molecule has 4 nitrogen and oxygen atoms in total. The van der Waals surface area contributed by atoms with Crippen LogP contribution in [-0.2, 0) is 6.54 Å². The number of carbonyl (C=O) groups is 1. The molecule has 0 atom stereocenters. The van der Waals surface area contributed by atoms with Crippen LogP contribution in [0.5, 0.6) is 0 Å². The van der Waals surface area contributed by atoms with Crippen LogP contribution in [-0.4, -0.2) is 32.6 Å². The van der Waals surface area contributed by atoms with Crippen molar-refractivity contribution >= 4 is 28.8 Å². The van der Waals surface area contributed by atoms with E-state index in [0.29, 0.717) is 0 Å². The van der Waals surface area contributed by atoms with Gasteiger partial charge in [0.05, 0.1) is 16.6 Å². The highest BCUT2D eigenvalue weighted by Crippen LogP contribution is 2.18. The van der Waals surface area contributed by atoms with E-state index in [1.54, 1.807) is 23.9 Å². The van der Waals surface area contributed by atoms with E-state index in [1.807, 2.05) is 13.0 Å². The third-order valence-corrected chi connectivity index (χ3v) is 3.30. The molecule has 0 spiro atoms. The van der Waals surface area contributed by atoms with E-state index in [0.717, 1.165) is 29.2 Å². The molecule has 2 aromatic rings. The molecule has 1 aromatic heterocycles. The van der Waals surface area contributed by atoms with E-state index in [2.05, 4.69) is 15.8 Å². The quantitative estimate of drug-likeness (QED) is 0.905. The maximum Gasteiger partial charge on any atom is 0.335 e. The number of aryl methyl sites for hydroxylation is 2. The molecule has 0 aliphatic rings. The Balaban J connectivity index is 2.48. The summed E-state index contributed by atoms with van der Waals surface area (Å²) in [4.78, 5) is 15.3. The summed E-state index contributed by atoms with van der Waals surface area (Å²) in [6.07, 6.45) is 2.07. The normalized spacial score (nSPS) is 10.9. The van der Waals surface area contributed by atoms with E-state index in [-0.39, 0.29) is 5.56 Å². The first-order chi connectivity index (χ1) is 8.13. The molecule has 2 rings (SSSR count). The summed E-state index contributed by atoms with van der Waals surface area (Å²) in [5, 5.41) is 8.92. The first kappa shape index (κ1) is 12.0. The van der Waals surface area contributed by atoms with E-state index in [1.165, 1.54) is 0 Å². The van der Waals surface area contributed by atoms with E-state index in [4.69, 9.17) is 5.11 Å². The minimum atomic E-state index is -0.914. The molecule has 5 heteroatoms. The number of thioether (sulfide) groups is 1. The van der Waals surface area contributed by atoms with Crippen molar-refractivity contribution in [2.24, 2.45) is 0 Å². The highest BCUT2D eigenvalue weighted by Gasteiger charge is 2.10. The number of nitrogens with zero attached hydrogens (tertiary/aromatic N) is 2. The zero-order valence-electron chi connectivity index (χ0n) is 9.80. The zero-order valence-corrected chi connectivity index (χ0v) is 10.6. The Bertz CT molecular complexity index is 563. The second kappa shape index (κ2) is 4.79. The fraction of sp³-hybridized carbons (Fsp3) is 0.333. The van der Waals surface area contributed by atoms with Gasteiger partial charge in [0.25, 0.3) is 0 Å². The molecule has 0 amide bonds. The van der Waals surface area contributed by atoms with Crippen LogP contribution in [0.4, 0.5) is 0 Å². The van der Waals surface area contributed by atoms with Crippen molar-refractivity contribution in [2.75, 3.05) is 12.0 Å². The van der Waals surface area contributed by atoms with Crippen LogP contribution >= 0.6 is 11.8 Å². The van der Waals surface area contributed by atoms with Gasteiger partial charge >= 0.3 is 5.97 Å². The van der Waals surface area contributed by atoms with Crippen molar-refractivity contribution < 1.29 is 9.90 Å². The van der Waals surface area contributed by atoms with Gasteiger partial charge in [-0.25, -0.2) is 9.78 Å². The number of hydrogen-bond acceptors (Lipinski definition) is 3. The van der Waals surface area contributed by atoms with Gasteiger partial charge < -0.3 is 9.67 Å². The molecular formula is C12H14N2O2S. The van der Waals surface area contributed by atoms with Crippen LogP contribution in [0.2, 0.25) is 0 Å². The first-order valence-corrected chi connectivity index (χ1v) is 6.72. The van der Waals surface area contributed by atoms with Crippen molar-refractivity contribution in [1.29, 1.82) is 0 Å². The van der Waals surface area contributed by atoms with Crippen molar-refractivity contribution in [3.8, 4) is 0 Å². The predicted octanol–water partition coefficient (Wildman–Crippen LogP) is 2.41. The second-order valence-corrected chi connectivity index (χ2v) is 4.80. The summed E-state index contributed by atoms with van der Waals surface area (Å²) in [6.45, 7) is 2.84. The van der Waals surface area contributed by atoms with Gasteiger partial charge in [0.1, 0.15) is 5.82 Å². The van der Waals surface area contributed by atoms with E-state index < -0.39 is 5.97 Å². The summed E-state index contributed by atoms with van der Waals surface area (Å²) in [6, 6.07) is 5.08. The molecule has 0 saturated heterocycles. The monoisotopic (exact) mass is 250 g/mol. The molecule has 1 aromatic carbocycles. The van der Waals surface area contributed by atoms with Crippen molar-refractivity contribution in [3.63, 3.8) is 0 Å². The number of carboxylic acids is 1. The second-order valence-electron chi connectivity index (χ2n) is 3.81. The maximum absolute atomic E-state index is 10.9. The van der Waals surface area contributed by atoms with Crippen LogP contribution in [0.25, 0.3) is 11.0 Å². The molecule has 0 saturated carbocycles. The molecule has 0 fully saturated rings. The van der Waals surface area contributed by atoms with Gasteiger partial charge in [-0.05, 0) is 31.4 Å². The number of benzene rings is 1. The Morgan fingerprint density at radius 3 is 2.94 bits per heavy atom. The van der Waals surface area contributed by atoms with Gasteiger partial charge in [-0.1, -0.05) is 0 Å². The Hall–Kier alpha value is -1.49. The molecule has 0 unspecified atom stereocenters. The third kappa shape index (κ3) is 2.29. The summed E-state index contributed by atoms with van der Waals surface area (Å²) in [5.74, 6) is 1.03. The van der Waals surface area contributed by atoms with E-state index >= 15 is 0 Å². The molecule has 0 aliphatic carbocycles. The minimum Gasteiger partial charge on any atom is -0.478 e. The molecule has 0 bridgehead atoms. The Kier molecular flexibility index (Phi) is 3.38. The number of carboxylic acid groups (broad SMARTS) is 1. The van der Waals surface area contributed by atoms with E-state index in [9.17, 15) is 4.79 Å². The number of rotatable bonds is 4. The lowest BCUT2D eigenvalue weighted by molar-refractivity contribution is 0.0697. The largest absolute Gasteiger partial charge is 0.478 e. The SMILES string of the molecule is CSCCn1c(C)nc2cc(C(=O)O)ccc21. The van der Waals surface area contributed by atoms with Crippen LogP contribution in [0.15, 0.2) is 18.2 Å². The first-order valence-electron chi connectivity index (χ1n) is 5.32. The van der Waals surface area contributed by atoms with Gasteiger partial charge in [-0.3, -0.25) is 0 Å². The topological polar surface area (TPSA) is 55.1 Å². The van der Waals surface area contributed by atoms with Crippen molar-refractivity contribution in [1.82, 2.24) is 9.55 Å². The van der Waals surface area contributed by atoms with Gasteiger partial charge in [0.15, 0.2) is 0 Å². The average molecular weight is 250 g/mol. The molecule has 0 aliphatic heterocycles. The number of imidazole rings is 1. The number of aromatic nitrogens is 2. The Morgan fingerprint density at radius 2 is 2.29 bits per heavy atom. The smallest absolute Gasteiger partial charge is 0.335 e. The summed E-state index contributed by atoms with van der Waals surface area (Å²) in [7, 11) is 0. The fourth-order valence-electron chi connectivity index (χ4n) is 1.85. The number of fused-ring (bicyclic) bond motifs is 1. The van der Waals surface area contributed by atoms with Crippen LogP contribution in [0.3, 0.4) is 0 Å². The van der Waals surface area contributed by atoms with Gasteiger partial charge in [-0.15, -0.1) is 0 Å². The Labute approximate surface area is 104 Å². The molecule has 0 radical (unpaired) electrons. The van der Waals surface area contributed by atoms with Crippen molar-refractivity contribution in [3.05, 3.63) is 29.6 Å². The molecule has 17 heavy (non-hydrogen) atoms. The van der Waals surface area contributed by atoms with Gasteiger partial charge in [0.2, 0.25) is 0 Å². The lowest BCUT2D eigenvalue weighted by atomic mass is 10.2. The standard InChI is InChI=1S/C12H14N2O2S/c1-8-13-10-7-9(12(15)16)3-4-11(10)14(8)5-6-17-2/h3-4,7H,5-6H2,1-2H3,(H,15,16). The summed E-state index contributed by atoms with van der Waals surface area (Å²) >= 11 is 1.78. The number of hydrogen-bond donors (Lipinski definition) is 1. The Morgan fingerprint density at radius 1 is 1.53 bits per heavy atom. The lowest BCUT2D eigenvalue weighted by Gasteiger charge is -2.05. The predicted molar refractivity (Wildman–Crippen MR) is 69.8 cm³/mol. The fourth-order valence-corrected chi connectivity index (χ4v) is 2.21. The van der Waals surface area contributed by atoms with Crippen LogP contribution < -0.4 is 0 Å². The molecular weight excluding hydrogens is 236 g/mol. The average Bonchev–Trinajstić information content (AvgIpc) is 2.61. The number of aromatic carboxylic acids is 1. The van der Waals surface area contributed by atoms with Crippen LogP contribution in [0.1, 0.15) is 16.2 Å². The minimum absolute atomic E-state index is 0.284. The van der Waals surface area contributed by atoms with Gasteiger partial charge in [-0.2, -0.15) is 11.8 Å². The van der Waals surface area contributed by atoms with Gasteiger partial charge in [0, 0.05) is 12.3 Å².